The molecule has 2 saturated heterocycles. The Labute approximate surface area is 90.0 Å². The van der Waals surface area contributed by atoms with E-state index in [1.54, 1.807) is 0 Å². The Kier molecular flexibility index (Phi) is 2.21. The Morgan fingerprint density at radius 2 is 2.07 bits per heavy atom. The van der Waals surface area contributed by atoms with Gasteiger partial charge in [0.1, 0.15) is 6.61 Å². The van der Waals surface area contributed by atoms with Gasteiger partial charge in [-0.15, -0.1) is 0 Å². The lowest BCUT2D eigenvalue weighted by molar-refractivity contribution is -0.162. The monoisotopic (exact) mass is 210 g/mol. The Morgan fingerprint density at radius 3 is 2.73 bits per heavy atom. The fourth-order valence-electron chi connectivity index (χ4n) is 2.93. The molecule has 0 aromatic carbocycles. The van der Waals surface area contributed by atoms with Gasteiger partial charge in [-0.3, -0.25) is 4.79 Å². The zero-order valence-corrected chi connectivity index (χ0v) is 9.00. The summed E-state index contributed by atoms with van der Waals surface area (Å²) >= 11 is 0. The Balaban J connectivity index is 1.85. The number of hydrogen-bond acceptors (Lipinski definition) is 3. The van der Waals surface area contributed by atoms with Crippen molar-refractivity contribution in [2.24, 2.45) is 0 Å². The number of amides is 1. The number of rotatable bonds is 1. The molecule has 0 unspecified atom stereocenters. The van der Waals surface area contributed by atoms with Crippen molar-refractivity contribution >= 4 is 5.91 Å². The van der Waals surface area contributed by atoms with E-state index in [4.69, 9.17) is 4.74 Å². The molecule has 84 valence electrons. The van der Waals surface area contributed by atoms with Gasteiger partial charge in [0.2, 0.25) is 5.91 Å². The molecule has 1 amide bonds. The second kappa shape index (κ2) is 3.46. The maximum absolute atomic E-state index is 11.9. The average molecular weight is 210 g/mol. The van der Waals surface area contributed by atoms with E-state index in [2.05, 4.69) is 10.2 Å². The lowest BCUT2D eigenvalue weighted by Gasteiger charge is -2.49. The number of ether oxygens (including phenoxy) is 1. The SMILES string of the molecule is O=C1COCC2(CCNCC2)N1C1CC1. The number of morpholine rings is 1. The van der Waals surface area contributed by atoms with Crippen LogP contribution >= 0.6 is 0 Å². The summed E-state index contributed by atoms with van der Waals surface area (Å²) in [6.07, 6.45) is 4.49. The van der Waals surface area contributed by atoms with Crippen LogP contribution in [0.4, 0.5) is 0 Å². The lowest BCUT2D eigenvalue weighted by atomic mass is 9.86. The van der Waals surface area contributed by atoms with Gasteiger partial charge in [0.25, 0.3) is 0 Å². The van der Waals surface area contributed by atoms with Crippen molar-refractivity contribution in [2.75, 3.05) is 26.3 Å². The molecule has 0 bridgehead atoms. The first-order valence-electron chi connectivity index (χ1n) is 5.92. The summed E-state index contributed by atoms with van der Waals surface area (Å²) in [5.74, 6) is 0.214. The second-order valence-electron chi connectivity index (χ2n) is 4.96. The van der Waals surface area contributed by atoms with E-state index in [1.807, 2.05) is 0 Å². The van der Waals surface area contributed by atoms with Gasteiger partial charge in [-0.25, -0.2) is 0 Å². The molecule has 0 aromatic heterocycles. The van der Waals surface area contributed by atoms with Crippen LogP contribution < -0.4 is 5.32 Å². The zero-order valence-electron chi connectivity index (χ0n) is 9.00. The molecule has 2 aliphatic heterocycles. The number of hydrogen-bond donors (Lipinski definition) is 1. The first-order valence-corrected chi connectivity index (χ1v) is 5.92. The molecule has 4 heteroatoms. The summed E-state index contributed by atoms with van der Waals surface area (Å²) in [7, 11) is 0. The number of nitrogens with zero attached hydrogens (tertiary/aromatic N) is 1. The summed E-state index contributed by atoms with van der Waals surface area (Å²) in [6.45, 7) is 3.07. The highest BCUT2D eigenvalue weighted by atomic mass is 16.5. The van der Waals surface area contributed by atoms with E-state index in [-0.39, 0.29) is 11.4 Å². The third-order valence-electron chi connectivity index (χ3n) is 3.82. The molecule has 1 spiro atoms. The standard InChI is InChI=1S/C11H18N2O2/c14-10-7-15-8-11(3-5-12-6-4-11)13(10)9-1-2-9/h9,12H,1-8H2. The van der Waals surface area contributed by atoms with Gasteiger partial charge < -0.3 is 15.0 Å². The number of nitrogens with one attached hydrogen (secondary N) is 1. The van der Waals surface area contributed by atoms with E-state index >= 15 is 0 Å². The van der Waals surface area contributed by atoms with Gasteiger partial charge in [-0.1, -0.05) is 0 Å². The highest BCUT2D eigenvalue weighted by molar-refractivity contribution is 5.79. The molecule has 1 saturated carbocycles. The maximum atomic E-state index is 11.9. The maximum Gasteiger partial charge on any atom is 0.249 e. The van der Waals surface area contributed by atoms with E-state index in [0.29, 0.717) is 12.6 Å². The van der Waals surface area contributed by atoms with Crippen LogP contribution in [0.25, 0.3) is 0 Å². The average Bonchev–Trinajstić information content (AvgIpc) is 3.03. The van der Waals surface area contributed by atoms with Crippen LogP contribution in [-0.2, 0) is 9.53 Å². The summed E-state index contributed by atoms with van der Waals surface area (Å²) in [4.78, 5) is 14.1. The fraction of sp³-hybridized carbons (Fsp3) is 0.909. The van der Waals surface area contributed by atoms with Gasteiger partial charge in [-0.2, -0.15) is 0 Å². The molecule has 4 nitrogen and oxygen atoms in total. The predicted octanol–water partition coefficient (Wildman–Crippen LogP) is 0.130. The van der Waals surface area contributed by atoms with Gasteiger partial charge in [0.15, 0.2) is 0 Å². The molecule has 0 atom stereocenters. The van der Waals surface area contributed by atoms with Crippen molar-refractivity contribution in [1.29, 1.82) is 0 Å². The molecule has 3 fully saturated rings. The quantitative estimate of drug-likeness (QED) is 0.669. The number of piperidine rings is 1. The molecule has 15 heavy (non-hydrogen) atoms. The van der Waals surface area contributed by atoms with Crippen molar-refractivity contribution in [2.45, 2.75) is 37.3 Å². The van der Waals surface area contributed by atoms with E-state index in [9.17, 15) is 4.79 Å². The third kappa shape index (κ3) is 1.56. The normalized spacial score (nSPS) is 30.9. The molecular formula is C11H18N2O2. The van der Waals surface area contributed by atoms with Crippen LogP contribution in [0.1, 0.15) is 25.7 Å². The Bertz CT molecular complexity index is 264. The Hall–Kier alpha value is -0.610. The summed E-state index contributed by atoms with van der Waals surface area (Å²) in [5.41, 5.74) is 0.0295. The summed E-state index contributed by atoms with van der Waals surface area (Å²) in [5, 5.41) is 3.36. The van der Waals surface area contributed by atoms with Crippen molar-refractivity contribution < 1.29 is 9.53 Å². The molecule has 0 radical (unpaired) electrons. The first-order chi connectivity index (χ1) is 7.32. The lowest BCUT2D eigenvalue weighted by Crippen LogP contribution is -2.63. The van der Waals surface area contributed by atoms with Gasteiger partial charge in [0.05, 0.1) is 12.1 Å². The Morgan fingerprint density at radius 1 is 1.33 bits per heavy atom. The van der Waals surface area contributed by atoms with Crippen LogP contribution in [0.3, 0.4) is 0 Å². The second-order valence-corrected chi connectivity index (χ2v) is 4.96. The highest BCUT2D eigenvalue weighted by Gasteiger charge is 2.49. The van der Waals surface area contributed by atoms with Gasteiger partial charge >= 0.3 is 0 Å². The molecule has 0 aromatic rings. The van der Waals surface area contributed by atoms with Crippen LogP contribution in [0.15, 0.2) is 0 Å². The molecule has 1 aliphatic carbocycles. The van der Waals surface area contributed by atoms with E-state index in [0.717, 1.165) is 32.5 Å². The van der Waals surface area contributed by atoms with Crippen molar-refractivity contribution in [1.82, 2.24) is 10.2 Å². The zero-order chi connectivity index (χ0) is 10.3. The number of carbonyl (C=O) groups excluding carboxylic acids is 1. The molecule has 3 rings (SSSR count). The van der Waals surface area contributed by atoms with Crippen molar-refractivity contribution in [3.8, 4) is 0 Å². The smallest absolute Gasteiger partial charge is 0.249 e. The van der Waals surface area contributed by atoms with Crippen molar-refractivity contribution in [3.63, 3.8) is 0 Å². The van der Waals surface area contributed by atoms with Gasteiger partial charge in [0, 0.05) is 6.04 Å². The summed E-state index contributed by atoms with van der Waals surface area (Å²) in [6, 6.07) is 0.527. The van der Waals surface area contributed by atoms with Crippen LogP contribution in [0.5, 0.6) is 0 Å². The molecule has 2 heterocycles. The van der Waals surface area contributed by atoms with Gasteiger partial charge in [-0.05, 0) is 38.8 Å². The van der Waals surface area contributed by atoms with E-state index < -0.39 is 0 Å². The molecular weight excluding hydrogens is 192 g/mol. The van der Waals surface area contributed by atoms with Crippen LogP contribution in [-0.4, -0.2) is 48.7 Å². The van der Waals surface area contributed by atoms with Crippen LogP contribution in [0.2, 0.25) is 0 Å². The summed E-state index contributed by atoms with van der Waals surface area (Å²) < 4.78 is 5.46. The topological polar surface area (TPSA) is 41.6 Å². The molecule has 3 aliphatic rings. The third-order valence-corrected chi connectivity index (χ3v) is 3.82. The van der Waals surface area contributed by atoms with E-state index in [1.165, 1.54) is 12.8 Å². The fourth-order valence-corrected chi connectivity index (χ4v) is 2.93. The molecule has 1 N–H and O–H groups in total. The highest BCUT2D eigenvalue weighted by Crippen LogP contribution is 2.39. The minimum absolute atomic E-state index is 0.0295. The first kappa shape index (κ1) is 9.60. The predicted molar refractivity (Wildman–Crippen MR) is 55.5 cm³/mol. The minimum atomic E-state index is 0.0295. The minimum Gasteiger partial charge on any atom is -0.369 e. The van der Waals surface area contributed by atoms with Crippen LogP contribution in [0, 0.1) is 0 Å². The van der Waals surface area contributed by atoms with Crippen molar-refractivity contribution in [3.05, 3.63) is 0 Å². The largest absolute Gasteiger partial charge is 0.369 e. The number of carbonyl (C=O) groups is 1.